The molecule has 3 aromatic rings. The first kappa shape index (κ1) is 22.4. The molecule has 0 atom stereocenters. The van der Waals surface area contributed by atoms with Crippen LogP contribution in [0.25, 0.3) is 10.2 Å². The Morgan fingerprint density at radius 3 is 2.84 bits per heavy atom. The molecule has 1 amide bonds. The number of morpholine rings is 1. The predicted molar refractivity (Wildman–Crippen MR) is 128 cm³/mol. The fourth-order valence-electron chi connectivity index (χ4n) is 3.48. The Labute approximate surface area is 195 Å². The summed E-state index contributed by atoms with van der Waals surface area (Å²) in [5.41, 5.74) is 1.32. The molecule has 4 rings (SSSR count). The third-order valence-electron chi connectivity index (χ3n) is 5.20. The lowest BCUT2D eigenvalue weighted by Crippen LogP contribution is -2.43. The molecule has 9 heteroatoms. The molecular formula is C22H24ClN3O3S2. The second kappa shape index (κ2) is 10.2. The smallest absolute Gasteiger partial charge is 0.263 e. The second-order valence-corrected chi connectivity index (χ2v) is 9.41. The number of carbonyl (C=O) groups excluding carboxylic acids is 1. The summed E-state index contributed by atoms with van der Waals surface area (Å²) in [5, 5.41) is 1.17. The summed E-state index contributed by atoms with van der Waals surface area (Å²) in [7, 11) is 1.56. The van der Waals surface area contributed by atoms with Gasteiger partial charge in [0.05, 0.1) is 36.1 Å². The van der Waals surface area contributed by atoms with E-state index in [-0.39, 0.29) is 5.91 Å². The number of nitrogens with zero attached hydrogens (tertiary/aromatic N) is 3. The quantitative estimate of drug-likeness (QED) is 0.461. The Balaban J connectivity index is 1.68. The Morgan fingerprint density at radius 1 is 1.29 bits per heavy atom. The monoisotopic (exact) mass is 477 g/mol. The van der Waals surface area contributed by atoms with Crippen LogP contribution in [-0.4, -0.2) is 68.5 Å². The maximum Gasteiger partial charge on any atom is 0.263 e. The molecular weight excluding hydrogens is 454 g/mol. The molecule has 0 spiro atoms. The highest BCUT2D eigenvalue weighted by Gasteiger charge is 2.25. The zero-order chi connectivity index (χ0) is 21.8. The van der Waals surface area contributed by atoms with Crippen LogP contribution in [0.2, 0.25) is 5.02 Å². The van der Waals surface area contributed by atoms with E-state index in [1.165, 1.54) is 16.2 Å². The third kappa shape index (κ3) is 5.15. The van der Waals surface area contributed by atoms with Crippen molar-refractivity contribution in [2.45, 2.75) is 4.90 Å². The van der Waals surface area contributed by atoms with Crippen LogP contribution in [0, 0.1) is 0 Å². The molecule has 164 valence electrons. The minimum Gasteiger partial charge on any atom is -0.496 e. The van der Waals surface area contributed by atoms with Crippen LogP contribution >= 0.6 is 34.7 Å². The van der Waals surface area contributed by atoms with Crippen molar-refractivity contribution in [1.82, 2.24) is 9.88 Å². The molecule has 0 saturated carbocycles. The number of carbonyl (C=O) groups is 1. The summed E-state index contributed by atoms with van der Waals surface area (Å²) in [6.45, 7) is 4.41. The van der Waals surface area contributed by atoms with Crippen LogP contribution in [0.5, 0.6) is 5.75 Å². The molecule has 0 unspecified atom stereocenters. The van der Waals surface area contributed by atoms with Crippen LogP contribution < -0.4 is 9.64 Å². The van der Waals surface area contributed by atoms with Gasteiger partial charge in [0.15, 0.2) is 5.13 Å². The number of hydrogen-bond acceptors (Lipinski definition) is 7. The van der Waals surface area contributed by atoms with E-state index in [0.29, 0.717) is 41.2 Å². The van der Waals surface area contributed by atoms with Gasteiger partial charge in [-0.2, -0.15) is 0 Å². The van der Waals surface area contributed by atoms with E-state index in [0.717, 1.165) is 29.9 Å². The topological polar surface area (TPSA) is 54.9 Å². The van der Waals surface area contributed by atoms with Crippen molar-refractivity contribution >= 4 is 56.0 Å². The van der Waals surface area contributed by atoms with Gasteiger partial charge < -0.3 is 9.47 Å². The highest BCUT2D eigenvalue weighted by atomic mass is 35.5. The van der Waals surface area contributed by atoms with Gasteiger partial charge in [-0.15, -0.1) is 11.8 Å². The van der Waals surface area contributed by atoms with Gasteiger partial charge in [0.1, 0.15) is 5.75 Å². The van der Waals surface area contributed by atoms with Crippen molar-refractivity contribution in [2.24, 2.45) is 0 Å². The lowest BCUT2D eigenvalue weighted by atomic mass is 10.1. The summed E-state index contributed by atoms with van der Waals surface area (Å²) >= 11 is 9.42. The molecule has 0 N–H and O–H groups in total. The number of methoxy groups -OCH3 is 1. The first-order chi connectivity index (χ1) is 15.1. The molecule has 6 nitrogen and oxygen atoms in total. The average Bonchev–Trinajstić information content (AvgIpc) is 3.22. The predicted octanol–water partition coefficient (Wildman–Crippen LogP) is 4.66. The van der Waals surface area contributed by atoms with Crippen LogP contribution in [-0.2, 0) is 4.74 Å². The van der Waals surface area contributed by atoms with Gasteiger partial charge in [0.2, 0.25) is 0 Å². The number of halogens is 1. The minimum atomic E-state index is -0.170. The van der Waals surface area contributed by atoms with E-state index >= 15 is 0 Å². The molecule has 0 radical (unpaired) electrons. The summed E-state index contributed by atoms with van der Waals surface area (Å²) in [5.74, 6) is 0.327. The number of ether oxygens (including phenoxy) is 2. The van der Waals surface area contributed by atoms with E-state index in [1.54, 1.807) is 42.0 Å². The molecule has 1 saturated heterocycles. The number of thioether (sulfide) groups is 1. The Bertz CT molecular complexity index is 1070. The largest absolute Gasteiger partial charge is 0.496 e. The van der Waals surface area contributed by atoms with Crippen LogP contribution in [0.3, 0.4) is 0 Å². The second-order valence-electron chi connectivity index (χ2n) is 7.09. The van der Waals surface area contributed by atoms with Gasteiger partial charge in [0.25, 0.3) is 5.91 Å². The van der Waals surface area contributed by atoms with Crippen LogP contribution in [0.1, 0.15) is 10.4 Å². The third-order valence-corrected chi connectivity index (χ3v) is 7.20. The Kier molecular flexibility index (Phi) is 7.35. The fourth-order valence-corrected chi connectivity index (χ4v) is 5.19. The Morgan fingerprint density at radius 2 is 2.10 bits per heavy atom. The van der Waals surface area contributed by atoms with Crippen molar-refractivity contribution in [3.63, 3.8) is 0 Å². The number of hydrogen-bond donors (Lipinski definition) is 0. The molecule has 0 bridgehead atoms. The van der Waals surface area contributed by atoms with E-state index < -0.39 is 0 Å². The number of benzene rings is 2. The van der Waals surface area contributed by atoms with Crippen molar-refractivity contribution in [2.75, 3.05) is 57.7 Å². The SMILES string of the molecule is COc1ccc(Cl)cc1C(=O)N(CCN1CCOCC1)c1nc2ccc(SC)cc2s1. The van der Waals surface area contributed by atoms with Gasteiger partial charge in [-0.05, 0) is 42.7 Å². The molecule has 0 aliphatic carbocycles. The fraction of sp³-hybridized carbons (Fsp3) is 0.364. The van der Waals surface area contributed by atoms with Gasteiger partial charge in [-0.3, -0.25) is 14.6 Å². The molecule has 2 aromatic carbocycles. The summed E-state index contributed by atoms with van der Waals surface area (Å²) in [4.78, 5) is 23.6. The maximum atomic E-state index is 13.7. The highest BCUT2D eigenvalue weighted by Crippen LogP contribution is 2.33. The van der Waals surface area contributed by atoms with Crippen molar-refractivity contribution in [3.05, 3.63) is 47.0 Å². The summed E-state index contributed by atoms with van der Waals surface area (Å²) in [6, 6.07) is 11.3. The maximum absolute atomic E-state index is 13.7. The number of rotatable bonds is 7. The van der Waals surface area contributed by atoms with Gasteiger partial charge >= 0.3 is 0 Å². The van der Waals surface area contributed by atoms with Gasteiger partial charge in [0, 0.05) is 36.1 Å². The number of fused-ring (bicyclic) bond motifs is 1. The molecule has 1 aromatic heterocycles. The highest BCUT2D eigenvalue weighted by molar-refractivity contribution is 7.98. The zero-order valence-corrected chi connectivity index (χ0v) is 19.9. The van der Waals surface area contributed by atoms with E-state index in [2.05, 4.69) is 17.0 Å². The first-order valence-electron chi connectivity index (χ1n) is 9.99. The molecule has 1 fully saturated rings. The molecule has 1 aliphatic rings. The van der Waals surface area contributed by atoms with Crippen molar-refractivity contribution in [3.8, 4) is 5.75 Å². The lowest BCUT2D eigenvalue weighted by molar-refractivity contribution is 0.0391. The first-order valence-corrected chi connectivity index (χ1v) is 12.4. The lowest BCUT2D eigenvalue weighted by Gasteiger charge is -2.29. The number of amides is 1. The van der Waals surface area contributed by atoms with Crippen molar-refractivity contribution in [1.29, 1.82) is 0 Å². The molecule has 31 heavy (non-hydrogen) atoms. The standard InChI is InChI=1S/C22H24ClN3O3S2/c1-28-19-6-3-15(23)13-17(19)21(27)26(8-7-25-9-11-29-12-10-25)22-24-18-5-4-16(30-2)14-20(18)31-22/h3-6,13-14H,7-12H2,1-2H3. The van der Waals surface area contributed by atoms with Crippen LogP contribution in [0.15, 0.2) is 41.3 Å². The average molecular weight is 478 g/mol. The van der Waals surface area contributed by atoms with E-state index in [1.807, 2.05) is 12.3 Å². The minimum absolute atomic E-state index is 0.170. The zero-order valence-electron chi connectivity index (χ0n) is 17.5. The number of anilines is 1. The van der Waals surface area contributed by atoms with Crippen LogP contribution in [0.4, 0.5) is 5.13 Å². The molecule has 2 heterocycles. The number of thiazole rings is 1. The van der Waals surface area contributed by atoms with E-state index in [9.17, 15) is 4.79 Å². The Hall–Kier alpha value is -1.84. The van der Waals surface area contributed by atoms with Gasteiger partial charge in [-0.25, -0.2) is 4.98 Å². The number of aromatic nitrogens is 1. The molecule has 1 aliphatic heterocycles. The van der Waals surface area contributed by atoms with Crippen molar-refractivity contribution < 1.29 is 14.3 Å². The summed E-state index contributed by atoms with van der Waals surface area (Å²) in [6.07, 6.45) is 2.05. The normalized spacial score (nSPS) is 14.7. The summed E-state index contributed by atoms with van der Waals surface area (Å²) < 4.78 is 11.9. The van der Waals surface area contributed by atoms with E-state index in [4.69, 9.17) is 26.1 Å². The van der Waals surface area contributed by atoms with Gasteiger partial charge in [-0.1, -0.05) is 22.9 Å².